The van der Waals surface area contributed by atoms with E-state index < -0.39 is 16.1 Å². The molecule has 2 rings (SSSR count). The fourth-order valence-corrected chi connectivity index (χ4v) is 3.97. The smallest absolute Gasteiger partial charge is 0.245 e. The van der Waals surface area contributed by atoms with Crippen molar-refractivity contribution in [2.24, 2.45) is 0 Å². The number of benzene rings is 1. The Morgan fingerprint density at radius 3 is 2.33 bits per heavy atom. The first-order valence-electron chi connectivity index (χ1n) is 7.21. The third-order valence-electron chi connectivity index (χ3n) is 3.54. The molecule has 0 saturated carbocycles. The van der Waals surface area contributed by atoms with E-state index in [2.05, 4.69) is 10.2 Å². The van der Waals surface area contributed by atoms with Crippen molar-refractivity contribution in [3.63, 3.8) is 0 Å². The molecule has 0 saturated heterocycles. The van der Waals surface area contributed by atoms with E-state index in [1.54, 1.807) is 6.92 Å². The standard InChI is InChI=1S/C15H19Cl2N3O3S/c1-9(13-18-19-14(23-13)15(2,3)4)20(5)24(21,22)12-7-6-10(16)8-11(12)17/h6-9H,1-5H3. The number of aromatic nitrogens is 2. The lowest BCUT2D eigenvalue weighted by atomic mass is 9.97. The van der Waals surface area contributed by atoms with Gasteiger partial charge in [-0.25, -0.2) is 8.42 Å². The maximum Gasteiger partial charge on any atom is 0.245 e. The van der Waals surface area contributed by atoms with Gasteiger partial charge in [-0.1, -0.05) is 44.0 Å². The second kappa shape index (κ2) is 6.63. The van der Waals surface area contributed by atoms with Gasteiger partial charge in [0.2, 0.25) is 21.8 Å². The quantitative estimate of drug-likeness (QED) is 0.785. The van der Waals surface area contributed by atoms with Crippen molar-refractivity contribution < 1.29 is 12.8 Å². The predicted molar refractivity (Wildman–Crippen MR) is 92.8 cm³/mol. The van der Waals surface area contributed by atoms with Crippen molar-refractivity contribution in [3.05, 3.63) is 40.0 Å². The lowest BCUT2D eigenvalue weighted by molar-refractivity contribution is 0.301. The van der Waals surface area contributed by atoms with Gasteiger partial charge in [-0.05, 0) is 25.1 Å². The highest BCUT2D eigenvalue weighted by Gasteiger charge is 2.32. The molecule has 0 amide bonds. The SMILES string of the molecule is CC(c1nnc(C(C)(C)C)o1)N(C)S(=O)(=O)c1ccc(Cl)cc1Cl. The highest BCUT2D eigenvalue weighted by atomic mass is 35.5. The van der Waals surface area contributed by atoms with Crippen LogP contribution in [0.2, 0.25) is 10.0 Å². The zero-order valence-corrected chi connectivity index (χ0v) is 16.4. The molecule has 132 valence electrons. The van der Waals surface area contributed by atoms with E-state index in [1.165, 1.54) is 25.2 Å². The average molecular weight is 392 g/mol. The van der Waals surface area contributed by atoms with Crippen LogP contribution in [0.4, 0.5) is 0 Å². The molecule has 0 N–H and O–H groups in total. The van der Waals surface area contributed by atoms with E-state index in [0.717, 1.165) is 4.31 Å². The maximum absolute atomic E-state index is 12.8. The van der Waals surface area contributed by atoms with E-state index >= 15 is 0 Å². The summed E-state index contributed by atoms with van der Waals surface area (Å²) in [7, 11) is -2.41. The van der Waals surface area contributed by atoms with Gasteiger partial charge in [0.05, 0.1) is 5.02 Å². The molecule has 6 nitrogen and oxygen atoms in total. The van der Waals surface area contributed by atoms with Crippen LogP contribution >= 0.6 is 23.2 Å². The Bertz CT molecular complexity index is 844. The Balaban J connectivity index is 2.35. The predicted octanol–water partition coefficient (Wildman–Crippen LogP) is 4.06. The lowest BCUT2D eigenvalue weighted by Crippen LogP contribution is -2.30. The molecule has 0 spiro atoms. The minimum Gasteiger partial charge on any atom is -0.423 e. The number of sulfonamides is 1. The monoisotopic (exact) mass is 391 g/mol. The van der Waals surface area contributed by atoms with Crippen LogP contribution in [-0.4, -0.2) is 30.0 Å². The summed E-state index contributed by atoms with van der Waals surface area (Å²) in [6.45, 7) is 7.47. The molecule has 1 unspecified atom stereocenters. The summed E-state index contributed by atoms with van der Waals surface area (Å²) in [6, 6.07) is 3.59. The first-order chi connectivity index (χ1) is 10.9. The molecule has 1 aromatic carbocycles. The average Bonchev–Trinajstić information content (AvgIpc) is 2.95. The highest BCUT2D eigenvalue weighted by molar-refractivity contribution is 7.89. The van der Waals surface area contributed by atoms with Crippen LogP contribution in [0.5, 0.6) is 0 Å². The topological polar surface area (TPSA) is 76.3 Å². The molecule has 1 atom stereocenters. The minimum atomic E-state index is -3.85. The second-order valence-electron chi connectivity index (χ2n) is 6.47. The van der Waals surface area contributed by atoms with Crippen LogP contribution in [0.1, 0.15) is 45.5 Å². The Labute approximate surface area is 151 Å². The van der Waals surface area contributed by atoms with Crippen molar-refractivity contribution in [1.82, 2.24) is 14.5 Å². The van der Waals surface area contributed by atoms with Gasteiger partial charge in [-0.15, -0.1) is 10.2 Å². The van der Waals surface area contributed by atoms with Crippen LogP contribution in [-0.2, 0) is 15.4 Å². The Kier molecular flexibility index (Phi) is 5.30. The van der Waals surface area contributed by atoms with Gasteiger partial charge in [0, 0.05) is 17.5 Å². The Morgan fingerprint density at radius 2 is 1.83 bits per heavy atom. The van der Waals surface area contributed by atoms with Gasteiger partial charge in [0.25, 0.3) is 0 Å². The summed E-state index contributed by atoms with van der Waals surface area (Å²) in [5.41, 5.74) is -0.318. The lowest BCUT2D eigenvalue weighted by Gasteiger charge is -2.22. The van der Waals surface area contributed by atoms with E-state index in [9.17, 15) is 8.42 Å². The Morgan fingerprint density at radius 1 is 1.21 bits per heavy atom. The van der Waals surface area contributed by atoms with Gasteiger partial charge in [-0.2, -0.15) is 4.31 Å². The summed E-state index contributed by atoms with van der Waals surface area (Å²) < 4.78 is 32.4. The summed E-state index contributed by atoms with van der Waals surface area (Å²) in [5.74, 6) is 0.663. The van der Waals surface area contributed by atoms with Crippen LogP contribution in [0.3, 0.4) is 0 Å². The number of hydrogen-bond acceptors (Lipinski definition) is 5. The summed E-state index contributed by atoms with van der Waals surface area (Å²) in [4.78, 5) is -0.0292. The van der Waals surface area contributed by atoms with Crippen LogP contribution in [0.25, 0.3) is 0 Å². The van der Waals surface area contributed by atoms with Gasteiger partial charge >= 0.3 is 0 Å². The molecular weight excluding hydrogens is 373 g/mol. The fraction of sp³-hybridized carbons (Fsp3) is 0.467. The third-order valence-corrected chi connectivity index (χ3v) is 6.18. The number of hydrogen-bond donors (Lipinski definition) is 0. The first-order valence-corrected chi connectivity index (χ1v) is 9.41. The molecule has 9 heteroatoms. The van der Waals surface area contributed by atoms with Crippen molar-refractivity contribution in [2.45, 2.75) is 44.0 Å². The largest absolute Gasteiger partial charge is 0.423 e. The third kappa shape index (κ3) is 3.74. The summed E-state index contributed by atoms with van der Waals surface area (Å²) in [5, 5.41) is 8.38. The normalized spacial score (nSPS) is 14.2. The van der Waals surface area contributed by atoms with Gasteiger partial charge in [0.1, 0.15) is 10.9 Å². The van der Waals surface area contributed by atoms with E-state index in [0.29, 0.717) is 10.9 Å². The molecule has 1 aromatic heterocycles. The Hall–Kier alpha value is -1.15. The van der Waals surface area contributed by atoms with E-state index in [-0.39, 0.29) is 21.2 Å². The van der Waals surface area contributed by atoms with Crippen molar-refractivity contribution in [2.75, 3.05) is 7.05 Å². The number of nitrogens with zero attached hydrogens (tertiary/aromatic N) is 3. The zero-order chi connectivity index (χ0) is 18.3. The highest BCUT2D eigenvalue weighted by Crippen LogP contribution is 2.31. The van der Waals surface area contributed by atoms with Gasteiger partial charge < -0.3 is 4.42 Å². The minimum absolute atomic E-state index is 0.0292. The fourth-order valence-electron chi connectivity index (χ4n) is 1.91. The molecule has 24 heavy (non-hydrogen) atoms. The van der Waals surface area contributed by atoms with E-state index in [1.807, 2.05) is 20.8 Å². The van der Waals surface area contributed by atoms with Crippen molar-refractivity contribution in [3.8, 4) is 0 Å². The molecule has 0 radical (unpaired) electrons. The van der Waals surface area contributed by atoms with Gasteiger partial charge in [-0.3, -0.25) is 0 Å². The maximum atomic E-state index is 12.8. The molecule has 0 aliphatic rings. The molecule has 2 aromatic rings. The second-order valence-corrected chi connectivity index (χ2v) is 9.28. The molecule has 1 heterocycles. The molecule has 0 aliphatic heterocycles. The number of halogens is 2. The van der Waals surface area contributed by atoms with Crippen LogP contribution < -0.4 is 0 Å². The zero-order valence-electron chi connectivity index (χ0n) is 14.0. The first kappa shape index (κ1) is 19.2. The molecule has 0 aliphatic carbocycles. The van der Waals surface area contributed by atoms with E-state index in [4.69, 9.17) is 27.6 Å². The van der Waals surface area contributed by atoms with Crippen LogP contribution in [0.15, 0.2) is 27.5 Å². The molecule has 0 bridgehead atoms. The van der Waals surface area contributed by atoms with Crippen molar-refractivity contribution >= 4 is 33.2 Å². The van der Waals surface area contributed by atoms with Crippen molar-refractivity contribution in [1.29, 1.82) is 0 Å². The molecular formula is C15H19Cl2N3O3S. The summed E-state index contributed by atoms with van der Waals surface area (Å²) >= 11 is 11.9. The van der Waals surface area contributed by atoms with Crippen LogP contribution in [0, 0.1) is 0 Å². The summed E-state index contributed by atoms with van der Waals surface area (Å²) in [6.07, 6.45) is 0. The molecule has 0 fully saturated rings. The van der Waals surface area contributed by atoms with Gasteiger partial charge in [0.15, 0.2) is 0 Å². The number of rotatable bonds is 4.